The number of nitrogens with two attached hydrogens (primary N) is 1. The molecule has 2 nitrogen and oxygen atoms in total. The molecule has 0 spiro atoms. The van der Waals surface area contributed by atoms with E-state index in [0.29, 0.717) is 11.6 Å². The molecule has 100 valence electrons. The van der Waals surface area contributed by atoms with Crippen LogP contribution in [0.5, 0.6) is 0 Å². The Morgan fingerprint density at radius 3 is 2.53 bits per heavy atom. The van der Waals surface area contributed by atoms with Gasteiger partial charge in [0.15, 0.2) is 0 Å². The largest absolute Gasteiger partial charge is 0.329 e. The molecule has 0 aromatic rings. The first kappa shape index (κ1) is 13.7. The molecular formula is C14H28N2S. The summed E-state index contributed by atoms with van der Waals surface area (Å²) in [5.41, 5.74) is 6.46. The lowest BCUT2D eigenvalue weighted by Gasteiger charge is -2.59. The lowest BCUT2D eigenvalue weighted by atomic mass is 9.62. The van der Waals surface area contributed by atoms with Crippen LogP contribution in [0.2, 0.25) is 0 Å². The van der Waals surface area contributed by atoms with Crippen molar-refractivity contribution in [2.75, 3.05) is 18.8 Å². The van der Waals surface area contributed by atoms with Crippen molar-refractivity contribution < 1.29 is 0 Å². The van der Waals surface area contributed by atoms with Gasteiger partial charge in [-0.2, -0.15) is 11.8 Å². The average Bonchev–Trinajstić information content (AvgIpc) is 2.22. The summed E-state index contributed by atoms with van der Waals surface area (Å²) in [4.78, 5) is 2.73. The maximum Gasteiger partial charge on any atom is 0.0340 e. The molecular weight excluding hydrogens is 228 g/mol. The molecule has 2 N–H and O–H groups in total. The molecule has 2 rings (SSSR count). The Labute approximate surface area is 111 Å². The van der Waals surface area contributed by atoms with E-state index >= 15 is 0 Å². The van der Waals surface area contributed by atoms with Crippen LogP contribution < -0.4 is 5.73 Å². The van der Waals surface area contributed by atoms with E-state index in [2.05, 4.69) is 44.4 Å². The fourth-order valence-corrected chi connectivity index (χ4v) is 4.61. The lowest BCUT2D eigenvalue weighted by Crippen LogP contribution is -2.67. The first-order valence-electron chi connectivity index (χ1n) is 7.08. The van der Waals surface area contributed by atoms with Crippen LogP contribution in [0.25, 0.3) is 0 Å². The zero-order valence-electron chi connectivity index (χ0n) is 11.8. The molecule has 1 saturated heterocycles. The summed E-state index contributed by atoms with van der Waals surface area (Å²) in [6.07, 6.45) is 2.64. The van der Waals surface area contributed by atoms with Crippen molar-refractivity contribution in [3.8, 4) is 0 Å². The molecule has 1 aliphatic heterocycles. The highest BCUT2D eigenvalue weighted by Crippen LogP contribution is 2.47. The van der Waals surface area contributed by atoms with Gasteiger partial charge in [-0.25, -0.2) is 0 Å². The highest BCUT2D eigenvalue weighted by molar-refractivity contribution is 8.00. The summed E-state index contributed by atoms with van der Waals surface area (Å²) in [6, 6.07) is 0.686. The number of hydrogen-bond acceptors (Lipinski definition) is 3. The number of nitrogens with zero attached hydrogens (tertiary/aromatic N) is 1. The third-order valence-electron chi connectivity index (χ3n) is 5.10. The topological polar surface area (TPSA) is 29.3 Å². The van der Waals surface area contributed by atoms with E-state index in [1.165, 1.54) is 25.1 Å². The van der Waals surface area contributed by atoms with Gasteiger partial charge < -0.3 is 5.73 Å². The summed E-state index contributed by atoms with van der Waals surface area (Å²) in [7, 11) is 0. The van der Waals surface area contributed by atoms with Gasteiger partial charge in [-0.05, 0) is 31.6 Å². The van der Waals surface area contributed by atoms with Crippen LogP contribution in [-0.4, -0.2) is 40.6 Å². The normalized spacial score (nSPS) is 43.8. The second kappa shape index (κ2) is 5.10. The predicted molar refractivity (Wildman–Crippen MR) is 77.4 cm³/mol. The molecule has 1 aliphatic carbocycles. The summed E-state index contributed by atoms with van der Waals surface area (Å²) in [6.45, 7) is 11.5. The molecule has 2 unspecified atom stereocenters. The minimum atomic E-state index is 0.337. The van der Waals surface area contributed by atoms with Gasteiger partial charge in [0.1, 0.15) is 0 Å². The van der Waals surface area contributed by atoms with Crippen LogP contribution >= 0.6 is 11.8 Å². The lowest BCUT2D eigenvalue weighted by molar-refractivity contribution is -0.0540. The molecule has 2 aliphatic rings. The maximum absolute atomic E-state index is 6.12. The van der Waals surface area contributed by atoms with Crippen molar-refractivity contribution in [2.45, 2.75) is 57.4 Å². The second-order valence-corrected chi connectivity index (χ2v) is 7.84. The Kier molecular flexibility index (Phi) is 4.11. The van der Waals surface area contributed by atoms with E-state index < -0.39 is 0 Å². The van der Waals surface area contributed by atoms with Gasteiger partial charge in [0.05, 0.1) is 0 Å². The van der Waals surface area contributed by atoms with Crippen molar-refractivity contribution >= 4 is 11.8 Å². The molecule has 0 aromatic carbocycles. The SMILES string of the molecule is CC(C)C1CC(CN)(N2CCSC(C)C2C)C1. The third-order valence-corrected chi connectivity index (χ3v) is 6.44. The Balaban J connectivity index is 2.04. The van der Waals surface area contributed by atoms with Crippen molar-refractivity contribution in [1.82, 2.24) is 4.90 Å². The molecule has 1 heterocycles. The van der Waals surface area contributed by atoms with Crippen molar-refractivity contribution in [1.29, 1.82) is 0 Å². The molecule has 0 bridgehead atoms. The summed E-state index contributed by atoms with van der Waals surface area (Å²) in [5, 5.41) is 0.755. The van der Waals surface area contributed by atoms with Crippen LogP contribution in [0.15, 0.2) is 0 Å². The molecule has 2 atom stereocenters. The highest BCUT2D eigenvalue weighted by atomic mass is 32.2. The average molecular weight is 256 g/mol. The van der Waals surface area contributed by atoms with Crippen LogP contribution in [-0.2, 0) is 0 Å². The molecule has 0 radical (unpaired) electrons. The van der Waals surface area contributed by atoms with Gasteiger partial charge in [0.25, 0.3) is 0 Å². The highest BCUT2D eigenvalue weighted by Gasteiger charge is 2.50. The van der Waals surface area contributed by atoms with E-state index in [0.717, 1.165) is 23.6 Å². The predicted octanol–water partition coefficient (Wildman–Crippen LogP) is 2.58. The summed E-state index contributed by atoms with van der Waals surface area (Å²) < 4.78 is 0. The van der Waals surface area contributed by atoms with E-state index in [9.17, 15) is 0 Å². The van der Waals surface area contributed by atoms with E-state index in [1.807, 2.05) is 0 Å². The Bertz CT molecular complexity index is 261. The van der Waals surface area contributed by atoms with Gasteiger partial charge in [0, 0.05) is 35.7 Å². The van der Waals surface area contributed by atoms with Crippen molar-refractivity contribution in [3.63, 3.8) is 0 Å². The van der Waals surface area contributed by atoms with E-state index in [-0.39, 0.29) is 0 Å². The standard InChI is InChI=1S/C14H28N2S/c1-10(2)13-7-14(8-13,9-15)16-5-6-17-12(4)11(16)3/h10-13H,5-9,15H2,1-4H3. The first-order valence-corrected chi connectivity index (χ1v) is 8.13. The minimum absolute atomic E-state index is 0.337. The molecule has 17 heavy (non-hydrogen) atoms. The van der Waals surface area contributed by atoms with Crippen molar-refractivity contribution in [2.24, 2.45) is 17.6 Å². The van der Waals surface area contributed by atoms with E-state index in [4.69, 9.17) is 5.73 Å². The van der Waals surface area contributed by atoms with Crippen LogP contribution in [0.3, 0.4) is 0 Å². The van der Waals surface area contributed by atoms with Crippen LogP contribution in [0.1, 0.15) is 40.5 Å². The summed E-state index contributed by atoms with van der Waals surface area (Å²) >= 11 is 2.12. The second-order valence-electron chi connectivity index (χ2n) is 6.35. The van der Waals surface area contributed by atoms with E-state index in [1.54, 1.807) is 0 Å². The molecule has 1 saturated carbocycles. The zero-order chi connectivity index (χ0) is 12.6. The van der Waals surface area contributed by atoms with Crippen LogP contribution in [0.4, 0.5) is 0 Å². The Hall–Kier alpha value is 0.270. The molecule has 0 aromatic heterocycles. The smallest absolute Gasteiger partial charge is 0.0340 e. The first-order chi connectivity index (χ1) is 8.00. The van der Waals surface area contributed by atoms with Gasteiger partial charge in [-0.15, -0.1) is 0 Å². The van der Waals surface area contributed by atoms with Crippen molar-refractivity contribution in [3.05, 3.63) is 0 Å². The third kappa shape index (κ3) is 2.39. The van der Waals surface area contributed by atoms with Gasteiger partial charge in [0.2, 0.25) is 0 Å². The van der Waals surface area contributed by atoms with Gasteiger partial charge in [-0.1, -0.05) is 20.8 Å². The fraction of sp³-hybridized carbons (Fsp3) is 1.00. The van der Waals surface area contributed by atoms with Crippen LogP contribution in [0, 0.1) is 11.8 Å². The number of rotatable bonds is 3. The summed E-state index contributed by atoms with van der Waals surface area (Å²) in [5.74, 6) is 3.00. The maximum atomic E-state index is 6.12. The Morgan fingerprint density at radius 2 is 2.00 bits per heavy atom. The Morgan fingerprint density at radius 1 is 1.35 bits per heavy atom. The van der Waals surface area contributed by atoms with Gasteiger partial charge >= 0.3 is 0 Å². The molecule has 3 heteroatoms. The minimum Gasteiger partial charge on any atom is -0.329 e. The number of hydrogen-bond donors (Lipinski definition) is 1. The van der Waals surface area contributed by atoms with Gasteiger partial charge in [-0.3, -0.25) is 4.90 Å². The number of thioether (sulfide) groups is 1. The fourth-order valence-electron chi connectivity index (χ4n) is 3.51. The quantitative estimate of drug-likeness (QED) is 0.841. The molecule has 2 fully saturated rings. The molecule has 0 amide bonds. The zero-order valence-corrected chi connectivity index (χ0v) is 12.6. The monoisotopic (exact) mass is 256 g/mol.